The van der Waals surface area contributed by atoms with Gasteiger partial charge in [0.1, 0.15) is 0 Å². The topological polar surface area (TPSA) is 130 Å². The molecule has 17 heteroatoms. The van der Waals surface area contributed by atoms with Crippen LogP contribution in [0.3, 0.4) is 0 Å². The molecule has 2 fully saturated rings. The van der Waals surface area contributed by atoms with E-state index in [2.05, 4.69) is 19.9 Å². The molecule has 0 atom stereocenters. The Morgan fingerprint density at radius 3 is 2.34 bits per heavy atom. The summed E-state index contributed by atoms with van der Waals surface area (Å²) in [6.45, 7) is 3.37. The third-order valence-corrected chi connectivity index (χ3v) is 12.5. The number of imidazole rings is 1. The molecule has 2 aliphatic rings. The molecule has 0 aromatic carbocycles. The monoisotopic (exact) mass is 641 g/mol. The van der Waals surface area contributed by atoms with E-state index in [0.717, 1.165) is 0 Å². The SMILES string of the molecule is CC(C)S(=O)(=O)N1CCN(c2cc(S(=O)(=O)NC3(CF)CC3)cn3c(-c4nnc(C(F)F)[se]4)ncc23)CC1. The van der Waals surface area contributed by atoms with Crippen molar-refractivity contribution < 1.29 is 30.0 Å². The van der Waals surface area contributed by atoms with Crippen LogP contribution in [0.15, 0.2) is 23.4 Å². The molecule has 4 heterocycles. The number of pyridine rings is 1. The van der Waals surface area contributed by atoms with Crippen LogP contribution < -0.4 is 9.62 Å². The van der Waals surface area contributed by atoms with E-state index in [0.29, 0.717) is 24.0 Å². The molecule has 1 saturated heterocycles. The van der Waals surface area contributed by atoms with Crippen LogP contribution in [0.1, 0.15) is 37.7 Å². The summed E-state index contributed by atoms with van der Waals surface area (Å²) in [6.07, 6.45) is 0.818. The minimum atomic E-state index is -4.16. The molecule has 0 amide bonds. The zero-order valence-corrected chi connectivity index (χ0v) is 23.9. The van der Waals surface area contributed by atoms with Gasteiger partial charge in [-0.2, -0.15) is 0 Å². The molecule has 5 rings (SSSR count). The van der Waals surface area contributed by atoms with Crippen molar-refractivity contribution in [1.82, 2.24) is 28.6 Å². The number of hydrogen-bond acceptors (Lipinski definition) is 8. The number of fused-ring (bicyclic) bond motifs is 1. The summed E-state index contributed by atoms with van der Waals surface area (Å²) < 4.78 is 96.9. The standard InChI is InChI=1S/C21H26F3N7O4S2Se/c1-13(2)37(34,35)30-7-5-29(6-8-30)15-9-14(36(32,33)28-21(12-22)3-4-21)11-31-16(15)10-25-18(31)20-27-26-19(38-20)17(23)24/h9-11,13,17,28H,3-8,12H2,1-2H3. The van der Waals surface area contributed by atoms with Gasteiger partial charge in [-0.15, -0.1) is 0 Å². The van der Waals surface area contributed by atoms with Gasteiger partial charge in [-0.1, -0.05) is 0 Å². The Hall–Kier alpha value is -2.04. The van der Waals surface area contributed by atoms with Gasteiger partial charge in [0, 0.05) is 0 Å². The first-order valence-corrected chi connectivity index (χ1v) is 16.5. The van der Waals surface area contributed by atoms with Crippen LogP contribution in [0.25, 0.3) is 15.9 Å². The summed E-state index contributed by atoms with van der Waals surface area (Å²) in [5.41, 5.74) is -0.157. The van der Waals surface area contributed by atoms with Crippen LogP contribution in [-0.4, -0.2) is 98.9 Å². The number of rotatable bonds is 9. The van der Waals surface area contributed by atoms with Crippen LogP contribution in [0.4, 0.5) is 18.9 Å². The molecule has 3 aromatic heterocycles. The van der Waals surface area contributed by atoms with Gasteiger partial charge < -0.3 is 0 Å². The molecule has 1 aliphatic heterocycles. The number of aromatic nitrogens is 4. The number of sulfonamides is 2. The molecule has 1 N–H and O–H groups in total. The Morgan fingerprint density at radius 2 is 1.79 bits per heavy atom. The summed E-state index contributed by atoms with van der Waals surface area (Å²) in [6, 6.07) is 1.45. The zero-order chi connectivity index (χ0) is 27.5. The van der Waals surface area contributed by atoms with Crippen LogP contribution in [0, 0.1) is 0 Å². The second-order valence-corrected chi connectivity index (χ2v) is 15.9. The predicted octanol–water partition coefficient (Wildman–Crippen LogP) is 1.43. The van der Waals surface area contributed by atoms with Crippen molar-refractivity contribution in [2.75, 3.05) is 37.8 Å². The Bertz CT molecular complexity index is 1560. The molecular formula is C21H26F3N7O4S2Se. The number of anilines is 1. The fourth-order valence-electron chi connectivity index (χ4n) is 4.27. The molecule has 0 unspecified atom stereocenters. The van der Waals surface area contributed by atoms with E-state index >= 15 is 0 Å². The molecule has 3 aromatic rings. The average Bonchev–Trinajstić information content (AvgIpc) is 3.27. The van der Waals surface area contributed by atoms with E-state index in [1.807, 2.05) is 4.90 Å². The average molecular weight is 641 g/mol. The Balaban J connectivity index is 1.57. The van der Waals surface area contributed by atoms with Crippen molar-refractivity contribution in [3.05, 3.63) is 23.0 Å². The molecule has 1 aliphatic carbocycles. The molecule has 0 spiro atoms. The number of halogens is 3. The first kappa shape index (κ1) is 27.5. The van der Waals surface area contributed by atoms with E-state index < -0.39 is 58.4 Å². The second kappa shape index (κ2) is 9.86. The van der Waals surface area contributed by atoms with Crippen molar-refractivity contribution in [1.29, 1.82) is 0 Å². The van der Waals surface area contributed by atoms with Crippen molar-refractivity contribution >= 4 is 45.8 Å². The molecule has 0 radical (unpaired) electrons. The fourth-order valence-corrected chi connectivity index (χ4v) is 8.44. The molecule has 11 nitrogen and oxygen atoms in total. The van der Waals surface area contributed by atoms with E-state index in [9.17, 15) is 30.0 Å². The summed E-state index contributed by atoms with van der Waals surface area (Å²) in [4.78, 5) is 6.05. The normalized spacial score (nSPS) is 18.7. The van der Waals surface area contributed by atoms with Gasteiger partial charge in [-0.25, -0.2) is 0 Å². The quantitative estimate of drug-likeness (QED) is 0.348. The molecule has 1 saturated carbocycles. The van der Waals surface area contributed by atoms with Crippen molar-refractivity contribution in [2.24, 2.45) is 0 Å². The van der Waals surface area contributed by atoms with Crippen LogP contribution in [0.5, 0.6) is 0 Å². The van der Waals surface area contributed by atoms with Gasteiger partial charge in [0.25, 0.3) is 0 Å². The van der Waals surface area contributed by atoms with Crippen LogP contribution in [0.2, 0.25) is 0 Å². The third-order valence-electron chi connectivity index (χ3n) is 6.72. The van der Waals surface area contributed by atoms with Gasteiger partial charge in [0.05, 0.1) is 0 Å². The first-order chi connectivity index (χ1) is 17.9. The molecule has 0 bridgehead atoms. The summed E-state index contributed by atoms with van der Waals surface area (Å²) in [5.74, 6) is 0.186. The zero-order valence-electron chi connectivity index (χ0n) is 20.5. The second-order valence-electron chi connectivity index (χ2n) is 9.64. The van der Waals surface area contributed by atoms with Gasteiger partial charge >= 0.3 is 224 Å². The van der Waals surface area contributed by atoms with Crippen molar-refractivity contribution in [2.45, 2.75) is 48.8 Å². The van der Waals surface area contributed by atoms with Crippen LogP contribution >= 0.6 is 0 Å². The number of piperazine rings is 1. The Kier molecular flexibility index (Phi) is 7.14. The maximum absolute atomic E-state index is 13.5. The number of nitrogens with one attached hydrogen (secondary N) is 1. The van der Waals surface area contributed by atoms with Crippen molar-refractivity contribution in [3.63, 3.8) is 0 Å². The van der Waals surface area contributed by atoms with E-state index in [-0.39, 0.29) is 46.0 Å². The van der Waals surface area contributed by atoms with Gasteiger partial charge in [0.2, 0.25) is 0 Å². The first-order valence-electron chi connectivity index (χ1n) is 11.8. The van der Waals surface area contributed by atoms with E-state index in [1.54, 1.807) is 13.8 Å². The Morgan fingerprint density at radius 1 is 1.11 bits per heavy atom. The van der Waals surface area contributed by atoms with Crippen molar-refractivity contribution in [3.8, 4) is 10.4 Å². The minimum absolute atomic E-state index is 0.155. The Labute approximate surface area is 223 Å². The summed E-state index contributed by atoms with van der Waals surface area (Å²) in [5, 5.41) is 6.86. The molecule has 38 heavy (non-hydrogen) atoms. The maximum atomic E-state index is 13.5. The fraction of sp³-hybridized carbons (Fsp3) is 0.571. The van der Waals surface area contributed by atoms with E-state index in [1.165, 1.54) is 27.2 Å². The van der Waals surface area contributed by atoms with Gasteiger partial charge in [-0.05, 0) is 0 Å². The number of hydrogen-bond donors (Lipinski definition) is 1. The van der Waals surface area contributed by atoms with E-state index in [4.69, 9.17) is 0 Å². The van der Waals surface area contributed by atoms with Gasteiger partial charge in [-0.3, -0.25) is 0 Å². The van der Waals surface area contributed by atoms with Gasteiger partial charge in [0.15, 0.2) is 0 Å². The van der Waals surface area contributed by atoms with Crippen LogP contribution in [-0.2, 0) is 20.0 Å². The number of nitrogens with zero attached hydrogens (tertiary/aromatic N) is 6. The molecular weight excluding hydrogens is 614 g/mol. The summed E-state index contributed by atoms with van der Waals surface area (Å²) in [7, 11) is -7.62. The number of alkyl halides is 3. The summed E-state index contributed by atoms with van der Waals surface area (Å²) >= 11 is -0.897. The third kappa shape index (κ3) is 4.99. The predicted molar refractivity (Wildman–Crippen MR) is 134 cm³/mol. The molecule has 208 valence electrons.